The van der Waals surface area contributed by atoms with Gasteiger partial charge in [0.25, 0.3) is 5.91 Å². The van der Waals surface area contributed by atoms with Crippen LogP contribution in [0.3, 0.4) is 0 Å². The van der Waals surface area contributed by atoms with Crippen molar-refractivity contribution in [3.8, 4) is 17.1 Å². The molecule has 0 saturated heterocycles. The van der Waals surface area contributed by atoms with Gasteiger partial charge in [-0.05, 0) is 43.3 Å². The fourth-order valence-corrected chi connectivity index (χ4v) is 2.52. The number of hydrogen-bond donors (Lipinski definition) is 2. The number of aromatic nitrogens is 6. The maximum Gasteiger partial charge on any atom is 0.255 e. The van der Waals surface area contributed by atoms with Crippen LogP contribution < -0.4 is 5.32 Å². The third kappa shape index (κ3) is 3.20. The second-order valence-corrected chi connectivity index (χ2v) is 5.67. The molecule has 2 heterocycles. The van der Waals surface area contributed by atoms with Gasteiger partial charge < -0.3 is 5.32 Å². The Hall–Kier alpha value is -3.81. The van der Waals surface area contributed by atoms with Gasteiger partial charge in [0.1, 0.15) is 5.82 Å². The fourth-order valence-electron chi connectivity index (χ4n) is 2.52. The van der Waals surface area contributed by atoms with E-state index in [9.17, 15) is 4.79 Å². The van der Waals surface area contributed by atoms with Crippen LogP contribution in [0.15, 0.2) is 60.9 Å². The summed E-state index contributed by atoms with van der Waals surface area (Å²) < 4.78 is 1.65. The lowest BCUT2D eigenvalue weighted by molar-refractivity contribution is 0.102. The van der Waals surface area contributed by atoms with Gasteiger partial charge in [0.2, 0.25) is 0 Å². The molecule has 4 aromatic rings. The number of aromatic amines is 1. The number of carbonyl (C=O) groups excluding carboxylic acids is 1. The molecule has 0 fully saturated rings. The van der Waals surface area contributed by atoms with Crippen LogP contribution in [0.25, 0.3) is 17.1 Å². The fraction of sp³-hybridized carbons (Fsp3) is 0.0556. The SMILES string of the molecule is Cc1nc(-c2cccc(C(=O)Nc3ccc(-n4ccnn4)cc3)c2)n[nH]1. The molecule has 4 rings (SSSR count). The Morgan fingerprint density at radius 2 is 2.00 bits per heavy atom. The minimum atomic E-state index is -0.201. The van der Waals surface area contributed by atoms with E-state index in [-0.39, 0.29) is 5.91 Å². The molecule has 0 bridgehead atoms. The summed E-state index contributed by atoms with van der Waals surface area (Å²) in [5, 5.41) is 17.5. The molecule has 1 amide bonds. The lowest BCUT2D eigenvalue weighted by atomic mass is 10.1. The highest BCUT2D eigenvalue weighted by Crippen LogP contribution is 2.18. The van der Waals surface area contributed by atoms with Crippen molar-refractivity contribution in [3.05, 3.63) is 72.3 Å². The third-order valence-corrected chi connectivity index (χ3v) is 3.79. The molecule has 0 saturated carbocycles. The Labute approximate surface area is 148 Å². The van der Waals surface area contributed by atoms with Crippen molar-refractivity contribution >= 4 is 11.6 Å². The zero-order chi connectivity index (χ0) is 17.9. The molecule has 8 heteroatoms. The first-order valence-corrected chi connectivity index (χ1v) is 7.96. The van der Waals surface area contributed by atoms with E-state index >= 15 is 0 Å². The first-order chi connectivity index (χ1) is 12.7. The van der Waals surface area contributed by atoms with Crippen LogP contribution in [0.2, 0.25) is 0 Å². The van der Waals surface area contributed by atoms with E-state index in [1.54, 1.807) is 29.2 Å². The number of benzene rings is 2. The number of anilines is 1. The van der Waals surface area contributed by atoms with E-state index in [1.165, 1.54) is 0 Å². The monoisotopic (exact) mass is 345 g/mol. The summed E-state index contributed by atoms with van der Waals surface area (Å²) in [6.07, 6.45) is 3.36. The summed E-state index contributed by atoms with van der Waals surface area (Å²) in [6.45, 7) is 1.83. The van der Waals surface area contributed by atoms with Gasteiger partial charge in [-0.1, -0.05) is 17.3 Å². The van der Waals surface area contributed by atoms with E-state index in [2.05, 4.69) is 30.8 Å². The van der Waals surface area contributed by atoms with Crippen LogP contribution >= 0.6 is 0 Å². The molecule has 0 radical (unpaired) electrons. The van der Waals surface area contributed by atoms with Gasteiger partial charge in [-0.15, -0.1) is 5.10 Å². The molecule has 2 aromatic heterocycles. The molecular weight excluding hydrogens is 330 g/mol. The van der Waals surface area contributed by atoms with E-state index in [4.69, 9.17) is 0 Å². The van der Waals surface area contributed by atoms with Gasteiger partial charge in [0, 0.05) is 16.8 Å². The highest BCUT2D eigenvalue weighted by molar-refractivity contribution is 6.04. The summed E-state index contributed by atoms with van der Waals surface area (Å²) in [6, 6.07) is 14.5. The molecule has 8 nitrogen and oxygen atoms in total. The van der Waals surface area contributed by atoms with Crippen molar-refractivity contribution < 1.29 is 4.79 Å². The Morgan fingerprint density at radius 1 is 1.15 bits per heavy atom. The average molecular weight is 345 g/mol. The van der Waals surface area contributed by atoms with Gasteiger partial charge in [0.05, 0.1) is 18.1 Å². The number of aryl methyl sites for hydroxylation is 1. The minimum Gasteiger partial charge on any atom is -0.322 e. The molecule has 2 aromatic carbocycles. The molecule has 128 valence electrons. The van der Waals surface area contributed by atoms with E-state index in [0.717, 1.165) is 17.1 Å². The smallest absolute Gasteiger partial charge is 0.255 e. The van der Waals surface area contributed by atoms with Crippen LogP contribution in [-0.2, 0) is 0 Å². The first kappa shape index (κ1) is 15.7. The summed E-state index contributed by atoms with van der Waals surface area (Å²) in [5.41, 5.74) is 2.87. The predicted octanol–water partition coefficient (Wildman–Crippen LogP) is 2.61. The number of nitrogens with zero attached hydrogens (tertiary/aromatic N) is 5. The molecule has 2 N–H and O–H groups in total. The maximum atomic E-state index is 12.5. The van der Waals surface area contributed by atoms with Crippen molar-refractivity contribution in [2.75, 3.05) is 5.32 Å². The van der Waals surface area contributed by atoms with Crippen molar-refractivity contribution in [2.24, 2.45) is 0 Å². The van der Waals surface area contributed by atoms with Crippen molar-refractivity contribution in [2.45, 2.75) is 6.92 Å². The molecule has 26 heavy (non-hydrogen) atoms. The molecular formula is C18H15N7O. The molecule has 0 unspecified atom stereocenters. The lowest BCUT2D eigenvalue weighted by Gasteiger charge is -2.07. The maximum absolute atomic E-state index is 12.5. The summed E-state index contributed by atoms with van der Waals surface area (Å²) >= 11 is 0. The number of hydrogen-bond acceptors (Lipinski definition) is 5. The van der Waals surface area contributed by atoms with Crippen molar-refractivity contribution in [1.29, 1.82) is 0 Å². The third-order valence-electron chi connectivity index (χ3n) is 3.79. The van der Waals surface area contributed by atoms with Crippen LogP contribution in [0.1, 0.15) is 16.2 Å². The largest absolute Gasteiger partial charge is 0.322 e. The van der Waals surface area contributed by atoms with Gasteiger partial charge >= 0.3 is 0 Å². The Balaban J connectivity index is 1.51. The van der Waals surface area contributed by atoms with Crippen LogP contribution in [0.4, 0.5) is 5.69 Å². The summed E-state index contributed by atoms with van der Waals surface area (Å²) in [4.78, 5) is 16.8. The predicted molar refractivity (Wildman–Crippen MR) is 95.9 cm³/mol. The molecule has 0 aliphatic heterocycles. The van der Waals surface area contributed by atoms with Crippen LogP contribution in [0.5, 0.6) is 0 Å². The number of nitrogens with one attached hydrogen (secondary N) is 2. The highest BCUT2D eigenvalue weighted by Gasteiger charge is 2.10. The Morgan fingerprint density at radius 3 is 2.69 bits per heavy atom. The first-order valence-electron chi connectivity index (χ1n) is 7.96. The van der Waals surface area contributed by atoms with Gasteiger partial charge in [-0.25, -0.2) is 9.67 Å². The van der Waals surface area contributed by atoms with E-state index < -0.39 is 0 Å². The number of H-pyrrole nitrogens is 1. The second-order valence-electron chi connectivity index (χ2n) is 5.67. The second kappa shape index (κ2) is 6.60. The number of carbonyl (C=O) groups is 1. The summed E-state index contributed by atoms with van der Waals surface area (Å²) in [5.74, 6) is 1.09. The Kier molecular flexibility index (Phi) is 3.98. The average Bonchev–Trinajstić information content (AvgIpc) is 3.34. The standard InChI is InChI=1S/C18H15N7O/c1-12-20-17(23-22-12)13-3-2-4-14(11-13)18(26)21-15-5-7-16(8-6-15)25-10-9-19-24-25/h2-11H,1H3,(H,21,26)(H,20,22,23). The molecule has 0 aliphatic rings. The summed E-state index contributed by atoms with van der Waals surface area (Å²) in [7, 11) is 0. The quantitative estimate of drug-likeness (QED) is 0.592. The highest BCUT2D eigenvalue weighted by atomic mass is 16.1. The zero-order valence-corrected chi connectivity index (χ0v) is 13.9. The van der Waals surface area contributed by atoms with Gasteiger partial charge in [-0.2, -0.15) is 5.10 Å². The van der Waals surface area contributed by atoms with Gasteiger partial charge in [0.15, 0.2) is 5.82 Å². The number of rotatable bonds is 4. The molecule has 0 atom stereocenters. The Bertz CT molecular complexity index is 1040. The van der Waals surface area contributed by atoms with Crippen LogP contribution in [-0.4, -0.2) is 36.1 Å². The topological polar surface area (TPSA) is 101 Å². The van der Waals surface area contributed by atoms with E-state index in [0.29, 0.717) is 17.1 Å². The van der Waals surface area contributed by atoms with Crippen molar-refractivity contribution in [1.82, 2.24) is 30.2 Å². The van der Waals surface area contributed by atoms with Crippen molar-refractivity contribution in [3.63, 3.8) is 0 Å². The van der Waals surface area contributed by atoms with Gasteiger partial charge in [-0.3, -0.25) is 9.89 Å². The lowest BCUT2D eigenvalue weighted by Crippen LogP contribution is -2.12. The molecule has 0 spiro atoms. The zero-order valence-electron chi connectivity index (χ0n) is 13.9. The number of amides is 1. The normalized spacial score (nSPS) is 10.7. The molecule has 0 aliphatic carbocycles. The van der Waals surface area contributed by atoms with Crippen LogP contribution in [0, 0.1) is 6.92 Å². The minimum absolute atomic E-state index is 0.201. The van der Waals surface area contributed by atoms with E-state index in [1.807, 2.05) is 43.3 Å².